The zero-order valence-electron chi connectivity index (χ0n) is 7.70. The van der Waals surface area contributed by atoms with E-state index >= 15 is 0 Å². The van der Waals surface area contributed by atoms with Gasteiger partial charge in [-0.2, -0.15) is 10.4 Å². The van der Waals surface area contributed by atoms with Gasteiger partial charge in [-0.05, 0) is 6.92 Å². The van der Waals surface area contributed by atoms with Crippen LogP contribution in [-0.4, -0.2) is 21.2 Å². The molecule has 1 aromatic heterocycles. The Morgan fingerprint density at radius 3 is 2.79 bits per heavy atom. The second kappa shape index (κ2) is 3.70. The van der Waals surface area contributed by atoms with Crippen LogP contribution in [0.3, 0.4) is 0 Å². The number of nitriles is 1. The van der Waals surface area contributed by atoms with Gasteiger partial charge in [-0.15, -0.1) is 0 Å². The summed E-state index contributed by atoms with van der Waals surface area (Å²) in [5.41, 5.74) is 6.16. The van der Waals surface area contributed by atoms with Gasteiger partial charge in [0.15, 0.2) is 0 Å². The fraction of sp³-hybridized carbons (Fsp3) is 0.250. The SMILES string of the molecule is CC(=N)C(=N)Cn1ncc(C#N)c1N. The molecule has 0 bridgehead atoms. The predicted molar refractivity (Wildman–Crippen MR) is 52.5 cm³/mol. The Morgan fingerprint density at radius 1 is 1.71 bits per heavy atom. The summed E-state index contributed by atoms with van der Waals surface area (Å²) in [7, 11) is 0. The molecule has 14 heavy (non-hydrogen) atoms. The first-order valence-corrected chi connectivity index (χ1v) is 3.90. The summed E-state index contributed by atoms with van der Waals surface area (Å²) in [5, 5.41) is 27.1. The van der Waals surface area contributed by atoms with Crippen molar-refractivity contribution in [2.75, 3.05) is 5.73 Å². The molecule has 0 saturated carbocycles. The Kier molecular flexibility index (Phi) is 2.62. The van der Waals surface area contributed by atoms with Crippen molar-refractivity contribution < 1.29 is 0 Å². The molecule has 1 heterocycles. The van der Waals surface area contributed by atoms with Crippen LogP contribution < -0.4 is 5.73 Å². The van der Waals surface area contributed by atoms with Gasteiger partial charge in [0.25, 0.3) is 0 Å². The fourth-order valence-electron chi connectivity index (χ4n) is 0.875. The maximum atomic E-state index is 8.60. The molecule has 0 atom stereocenters. The second-order valence-electron chi connectivity index (χ2n) is 2.82. The van der Waals surface area contributed by atoms with Crippen LogP contribution in [0.25, 0.3) is 0 Å². The third-order valence-electron chi connectivity index (χ3n) is 1.76. The first-order valence-electron chi connectivity index (χ1n) is 3.90. The van der Waals surface area contributed by atoms with Crippen molar-refractivity contribution >= 4 is 17.2 Å². The second-order valence-corrected chi connectivity index (χ2v) is 2.82. The standard InChI is InChI=1S/C8H10N6/c1-5(10)7(11)4-14-8(12)6(2-9)3-13-14/h3,10-11H,4,12H2,1H3. The molecule has 4 N–H and O–H groups in total. The van der Waals surface area contributed by atoms with E-state index in [0.717, 1.165) is 0 Å². The number of nitrogens with two attached hydrogens (primary N) is 1. The molecule has 0 aromatic carbocycles. The lowest BCUT2D eigenvalue weighted by Crippen LogP contribution is -2.18. The zero-order valence-corrected chi connectivity index (χ0v) is 7.70. The quantitative estimate of drug-likeness (QED) is 0.599. The molecular formula is C8H10N6. The van der Waals surface area contributed by atoms with Crippen molar-refractivity contribution in [2.45, 2.75) is 13.5 Å². The van der Waals surface area contributed by atoms with Crippen LogP contribution in [0.4, 0.5) is 5.82 Å². The summed E-state index contributed by atoms with van der Waals surface area (Å²) >= 11 is 0. The van der Waals surface area contributed by atoms with Crippen LogP contribution in [0.5, 0.6) is 0 Å². The van der Waals surface area contributed by atoms with Crippen molar-refractivity contribution in [3.05, 3.63) is 11.8 Å². The van der Waals surface area contributed by atoms with Crippen LogP contribution >= 0.6 is 0 Å². The molecule has 0 spiro atoms. The molecule has 0 fully saturated rings. The monoisotopic (exact) mass is 190 g/mol. The Balaban J connectivity index is 2.89. The van der Waals surface area contributed by atoms with Gasteiger partial charge in [-0.3, -0.25) is 0 Å². The third kappa shape index (κ3) is 1.77. The highest BCUT2D eigenvalue weighted by Crippen LogP contribution is 2.08. The average Bonchev–Trinajstić information content (AvgIpc) is 2.47. The highest BCUT2D eigenvalue weighted by molar-refractivity contribution is 6.38. The number of nitrogen functional groups attached to an aromatic ring is 1. The largest absolute Gasteiger partial charge is 0.383 e. The topological polar surface area (TPSA) is 115 Å². The van der Waals surface area contributed by atoms with Crippen molar-refractivity contribution in [2.24, 2.45) is 0 Å². The molecule has 1 rings (SSSR count). The lowest BCUT2D eigenvalue weighted by atomic mass is 10.2. The molecule has 0 unspecified atom stereocenters. The smallest absolute Gasteiger partial charge is 0.140 e. The summed E-state index contributed by atoms with van der Waals surface area (Å²) in [6.45, 7) is 1.65. The van der Waals surface area contributed by atoms with Crippen molar-refractivity contribution in [1.29, 1.82) is 16.1 Å². The zero-order chi connectivity index (χ0) is 10.7. The Labute approximate surface area is 81.0 Å². The van der Waals surface area contributed by atoms with E-state index in [1.54, 1.807) is 0 Å². The van der Waals surface area contributed by atoms with Crippen LogP contribution in [0.2, 0.25) is 0 Å². The van der Waals surface area contributed by atoms with Crippen LogP contribution in [-0.2, 0) is 6.54 Å². The summed E-state index contributed by atoms with van der Waals surface area (Å²) in [4.78, 5) is 0. The molecule has 0 aliphatic rings. The lowest BCUT2D eigenvalue weighted by Gasteiger charge is -2.03. The van der Waals surface area contributed by atoms with Gasteiger partial charge in [0, 0.05) is 0 Å². The molecule has 0 aliphatic carbocycles. The van der Waals surface area contributed by atoms with Crippen LogP contribution in [0.1, 0.15) is 12.5 Å². The minimum atomic E-state index is 0.128. The minimum Gasteiger partial charge on any atom is -0.383 e. The van der Waals surface area contributed by atoms with E-state index in [9.17, 15) is 0 Å². The van der Waals surface area contributed by atoms with E-state index in [1.807, 2.05) is 6.07 Å². The van der Waals surface area contributed by atoms with E-state index in [1.165, 1.54) is 17.8 Å². The van der Waals surface area contributed by atoms with Gasteiger partial charge >= 0.3 is 0 Å². The summed E-state index contributed by atoms with van der Waals surface area (Å²) in [5.74, 6) is 0.235. The molecule has 0 saturated heterocycles. The molecule has 0 amide bonds. The maximum Gasteiger partial charge on any atom is 0.140 e. The van der Waals surface area contributed by atoms with E-state index in [0.29, 0.717) is 5.56 Å². The van der Waals surface area contributed by atoms with Gasteiger partial charge in [0.05, 0.1) is 24.2 Å². The van der Waals surface area contributed by atoms with Crippen LogP contribution in [0.15, 0.2) is 6.20 Å². The first-order chi connectivity index (χ1) is 6.56. The number of nitrogens with zero attached hydrogens (tertiary/aromatic N) is 3. The Hall–Kier alpha value is -2.16. The molecule has 72 valence electrons. The highest BCUT2D eigenvalue weighted by atomic mass is 15.3. The predicted octanol–water partition coefficient (Wildman–Crippen LogP) is 0.396. The van der Waals surface area contributed by atoms with Gasteiger partial charge in [0.2, 0.25) is 0 Å². The van der Waals surface area contributed by atoms with Gasteiger partial charge < -0.3 is 16.6 Å². The van der Waals surface area contributed by atoms with Gasteiger partial charge in [-0.1, -0.05) is 0 Å². The number of nitrogens with one attached hydrogen (secondary N) is 2. The molecule has 0 radical (unpaired) electrons. The normalized spacial score (nSPS) is 9.43. The summed E-state index contributed by atoms with van der Waals surface area (Å²) in [6, 6.07) is 1.89. The number of hydrogen-bond acceptors (Lipinski definition) is 5. The Morgan fingerprint density at radius 2 is 2.36 bits per heavy atom. The Bertz CT molecular complexity index is 422. The summed E-state index contributed by atoms with van der Waals surface area (Å²) in [6.07, 6.45) is 1.35. The summed E-state index contributed by atoms with van der Waals surface area (Å²) < 4.78 is 1.33. The molecular weight excluding hydrogens is 180 g/mol. The van der Waals surface area contributed by atoms with E-state index in [-0.39, 0.29) is 23.8 Å². The van der Waals surface area contributed by atoms with Gasteiger partial charge in [0.1, 0.15) is 17.5 Å². The highest BCUT2D eigenvalue weighted by Gasteiger charge is 2.08. The number of rotatable bonds is 3. The van der Waals surface area contributed by atoms with Crippen molar-refractivity contribution in [1.82, 2.24) is 9.78 Å². The number of hydrogen-bond donors (Lipinski definition) is 3. The number of aromatic nitrogens is 2. The molecule has 1 aromatic rings. The third-order valence-corrected chi connectivity index (χ3v) is 1.76. The van der Waals surface area contributed by atoms with E-state index in [4.69, 9.17) is 21.8 Å². The van der Waals surface area contributed by atoms with Crippen molar-refractivity contribution in [3.63, 3.8) is 0 Å². The van der Waals surface area contributed by atoms with Crippen LogP contribution in [0, 0.1) is 22.1 Å². The average molecular weight is 190 g/mol. The molecule has 6 nitrogen and oxygen atoms in total. The van der Waals surface area contributed by atoms with E-state index in [2.05, 4.69) is 5.10 Å². The fourth-order valence-corrected chi connectivity index (χ4v) is 0.875. The minimum absolute atomic E-state index is 0.128. The molecule has 0 aliphatic heterocycles. The molecule has 6 heteroatoms. The lowest BCUT2D eigenvalue weighted by molar-refractivity contribution is 0.735. The van der Waals surface area contributed by atoms with Gasteiger partial charge in [-0.25, -0.2) is 4.68 Å². The van der Waals surface area contributed by atoms with E-state index < -0.39 is 0 Å². The first kappa shape index (κ1) is 9.92. The van der Waals surface area contributed by atoms with Crippen molar-refractivity contribution in [3.8, 4) is 6.07 Å². The maximum absolute atomic E-state index is 8.60. The number of anilines is 1.